The van der Waals surface area contributed by atoms with Crippen LogP contribution in [0.5, 0.6) is 0 Å². The smallest absolute Gasteiger partial charge is 0.222 e. The quantitative estimate of drug-likeness (QED) is 0.786. The fourth-order valence-electron chi connectivity index (χ4n) is 1.86. The van der Waals surface area contributed by atoms with E-state index in [4.69, 9.17) is 0 Å². The zero-order chi connectivity index (χ0) is 14.4. The van der Waals surface area contributed by atoms with Gasteiger partial charge >= 0.3 is 0 Å². The van der Waals surface area contributed by atoms with Crippen molar-refractivity contribution < 1.29 is 4.79 Å². The summed E-state index contributed by atoms with van der Waals surface area (Å²) in [7, 11) is 5.93. The second-order valence-corrected chi connectivity index (χ2v) is 5.74. The van der Waals surface area contributed by atoms with Gasteiger partial charge < -0.3 is 9.80 Å². The molecule has 0 fully saturated rings. The lowest BCUT2D eigenvalue weighted by Crippen LogP contribution is -2.26. The Morgan fingerprint density at radius 1 is 1.11 bits per heavy atom. The van der Waals surface area contributed by atoms with Crippen molar-refractivity contribution in [2.75, 3.05) is 26.0 Å². The van der Waals surface area contributed by atoms with Crippen molar-refractivity contribution in [2.24, 2.45) is 5.92 Å². The summed E-state index contributed by atoms with van der Waals surface area (Å²) in [5.41, 5.74) is 2.35. The normalized spacial score (nSPS) is 10.6. The summed E-state index contributed by atoms with van der Waals surface area (Å²) in [6.45, 7) is 4.98. The van der Waals surface area contributed by atoms with Crippen molar-refractivity contribution in [1.82, 2.24) is 4.90 Å². The van der Waals surface area contributed by atoms with E-state index in [1.165, 1.54) is 11.3 Å². The minimum absolute atomic E-state index is 0.227. The molecule has 0 aliphatic carbocycles. The molecule has 0 aliphatic heterocycles. The standard InChI is InChI=1S/C16H26N2O/c1-13(2)6-11-16(19)18(5)12-14-7-9-15(10-8-14)17(3)4/h7-10,13H,6,11-12H2,1-5H3. The van der Waals surface area contributed by atoms with Crippen molar-refractivity contribution in [3.63, 3.8) is 0 Å². The Kier molecular flexibility index (Phi) is 5.87. The lowest BCUT2D eigenvalue weighted by atomic mass is 10.1. The number of hydrogen-bond acceptors (Lipinski definition) is 2. The highest BCUT2D eigenvalue weighted by Gasteiger charge is 2.10. The Morgan fingerprint density at radius 2 is 1.68 bits per heavy atom. The average Bonchev–Trinajstić information content (AvgIpc) is 2.36. The summed E-state index contributed by atoms with van der Waals surface area (Å²) >= 11 is 0. The average molecular weight is 262 g/mol. The van der Waals surface area contributed by atoms with E-state index in [1.807, 2.05) is 26.0 Å². The molecule has 0 heterocycles. The van der Waals surface area contributed by atoms with Gasteiger partial charge in [0.05, 0.1) is 0 Å². The van der Waals surface area contributed by atoms with Gasteiger partial charge in [0, 0.05) is 39.8 Å². The molecule has 0 radical (unpaired) electrons. The van der Waals surface area contributed by atoms with Crippen molar-refractivity contribution >= 4 is 11.6 Å². The summed E-state index contributed by atoms with van der Waals surface area (Å²) in [6.07, 6.45) is 1.60. The van der Waals surface area contributed by atoms with Crippen LogP contribution in [0.4, 0.5) is 5.69 Å². The molecule has 0 N–H and O–H groups in total. The maximum atomic E-state index is 11.9. The molecular formula is C16H26N2O. The molecule has 1 rings (SSSR count). The number of amides is 1. The van der Waals surface area contributed by atoms with Gasteiger partial charge in [-0.15, -0.1) is 0 Å². The Balaban J connectivity index is 2.51. The molecule has 0 aliphatic rings. The fourth-order valence-corrected chi connectivity index (χ4v) is 1.86. The van der Waals surface area contributed by atoms with Gasteiger partial charge in [-0.05, 0) is 30.0 Å². The minimum atomic E-state index is 0.227. The molecule has 0 atom stereocenters. The number of carbonyl (C=O) groups excluding carboxylic acids is 1. The van der Waals surface area contributed by atoms with Gasteiger partial charge in [0.15, 0.2) is 0 Å². The zero-order valence-corrected chi connectivity index (χ0v) is 12.8. The number of hydrogen-bond donors (Lipinski definition) is 0. The van der Waals surface area contributed by atoms with Crippen LogP contribution in [0.2, 0.25) is 0 Å². The molecule has 0 aromatic heterocycles. The third-order valence-corrected chi connectivity index (χ3v) is 3.23. The number of rotatable bonds is 6. The third kappa shape index (κ3) is 5.33. The van der Waals surface area contributed by atoms with Crippen molar-refractivity contribution in [3.05, 3.63) is 29.8 Å². The summed E-state index contributed by atoms with van der Waals surface area (Å²) in [5, 5.41) is 0. The minimum Gasteiger partial charge on any atom is -0.378 e. The van der Waals surface area contributed by atoms with Crippen molar-refractivity contribution in [3.8, 4) is 0 Å². The molecule has 0 saturated carbocycles. The molecule has 0 spiro atoms. The van der Waals surface area contributed by atoms with Crippen LogP contribution in [-0.4, -0.2) is 32.0 Å². The second-order valence-electron chi connectivity index (χ2n) is 5.74. The zero-order valence-electron chi connectivity index (χ0n) is 12.8. The monoisotopic (exact) mass is 262 g/mol. The predicted octanol–water partition coefficient (Wildman–Crippen LogP) is 3.15. The molecule has 1 amide bonds. The van der Waals surface area contributed by atoms with E-state index < -0.39 is 0 Å². The van der Waals surface area contributed by atoms with Crippen LogP contribution in [0.15, 0.2) is 24.3 Å². The molecule has 0 bridgehead atoms. The Labute approximate surface area is 117 Å². The summed E-state index contributed by atoms with van der Waals surface area (Å²) in [5.74, 6) is 0.808. The van der Waals surface area contributed by atoms with E-state index in [0.29, 0.717) is 18.9 Å². The van der Waals surface area contributed by atoms with Gasteiger partial charge in [0.25, 0.3) is 0 Å². The van der Waals surface area contributed by atoms with Gasteiger partial charge in [-0.3, -0.25) is 4.79 Å². The van der Waals surface area contributed by atoms with E-state index in [-0.39, 0.29) is 5.91 Å². The largest absolute Gasteiger partial charge is 0.378 e. The Morgan fingerprint density at radius 3 is 2.16 bits per heavy atom. The second kappa shape index (κ2) is 7.17. The molecule has 106 valence electrons. The molecule has 0 unspecified atom stereocenters. The number of benzene rings is 1. The molecule has 19 heavy (non-hydrogen) atoms. The molecule has 3 heteroatoms. The maximum Gasteiger partial charge on any atom is 0.222 e. The Hall–Kier alpha value is -1.51. The SMILES string of the molecule is CC(C)CCC(=O)N(C)Cc1ccc(N(C)C)cc1. The summed E-state index contributed by atoms with van der Waals surface area (Å²) in [4.78, 5) is 15.8. The molecular weight excluding hydrogens is 236 g/mol. The van der Waals surface area contributed by atoms with Crippen LogP contribution in [-0.2, 0) is 11.3 Å². The molecule has 3 nitrogen and oxygen atoms in total. The van der Waals surface area contributed by atoms with Crippen LogP contribution in [0.3, 0.4) is 0 Å². The van der Waals surface area contributed by atoms with E-state index in [2.05, 4.69) is 43.0 Å². The summed E-state index contributed by atoms with van der Waals surface area (Å²) in [6, 6.07) is 8.34. The van der Waals surface area contributed by atoms with Gasteiger partial charge in [-0.25, -0.2) is 0 Å². The van der Waals surface area contributed by atoms with E-state index in [1.54, 1.807) is 0 Å². The topological polar surface area (TPSA) is 23.6 Å². The third-order valence-electron chi connectivity index (χ3n) is 3.23. The van der Waals surface area contributed by atoms with Crippen LogP contribution in [0, 0.1) is 5.92 Å². The highest BCUT2D eigenvalue weighted by molar-refractivity contribution is 5.75. The predicted molar refractivity (Wildman–Crippen MR) is 81.3 cm³/mol. The van der Waals surface area contributed by atoms with Gasteiger partial charge in [-0.2, -0.15) is 0 Å². The van der Waals surface area contributed by atoms with E-state index in [9.17, 15) is 4.79 Å². The molecule has 1 aromatic rings. The fraction of sp³-hybridized carbons (Fsp3) is 0.562. The lowest BCUT2D eigenvalue weighted by molar-refractivity contribution is -0.130. The van der Waals surface area contributed by atoms with Gasteiger partial charge in [0.1, 0.15) is 0 Å². The molecule has 0 saturated heterocycles. The lowest BCUT2D eigenvalue weighted by Gasteiger charge is -2.19. The summed E-state index contributed by atoms with van der Waals surface area (Å²) < 4.78 is 0. The number of anilines is 1. The first kappa shape index (κ1) is 15.5. The first-order valence-corrected chi connectivity index (χ1v) is 6.90. The van der Waals surface area contributed by atoms with Crippen LogP contribution >= 0.6 is 0 Å². The van der Waals surface area contributed by atoms with E-state index in [0.717, 1.165) is 6.42 Å². The highest BCUT2D eigenvalue weighted by Crippen LogP contribution is 2.14. The van der Waals surface area contributed by atoms with Crippen LogP contribution in [0.1, 0.15) is 32.3 Å². The van der Waals surface area contributed by atoms with E-state index >= 15 is 0 Å². The first-order valence-electron chi connectivity index (χ1n) is 6.90. The van der Waals surface area contributed by atoms with Crippen LogP contribution in [0.25, 0.3) is 0 Å². The number of nitrogens with zero attached hydrogens (tertiary/aromatic N) is 2. The maximum absolute atomic E-state index is 11.9. The van der Waals surface area contributed by atoms with Crippen LogP contribution < -0.4 is 4.90 Å². The molecule has 1 aromatic carbocycles. The van der Waals surface area contributed by atoms with Crippen molar-refractivity contribution in [1.29, 1.82) is 0 Å². The van der Waals surface area contributed by atoms with Gasteiger partial charge in [-0.1, -0.05) is 26.0 Å². The highest BCUT2D eigenvalue weighted by atomic mass is 16.2. The van der Waals surface area contributed by atoms with Gasteiger partial charge in [0.2, 0.25) is 5.91 Å². The Bertz CT molecular complexity index is 396. The first-order chi connectivity index (χ1) is 8.90. The number of carbonyl (C=O) groups is 1. The van der Waals surface area contributed by atoms with Crippen molar-refractivity contribution in [2.45, 2.75) is 33.2 Å².